The van der Waals surface area contributed by atoms with Crippen LogP contribution < -0.4 is 5.32 Å². The van der Waals surface area contributed by atoms with Crippen LogP contribution in [0.1, 0.15) is 37.7 Å². The number of piperidine rings is 2. The van der Waals surface area contributed by atoms with Crippen molar-refractivity contribution < 1.29 is 9.63 Å². The fourth-order valence-electron chi connectivity index (χ4n) is 4.18. The van der Waals surface area contributed by atoms with Gasteiger partial charge in [-0.1, -0.05) is 60.1 Å². The van der Waals surface area contributed by atoms with Crippen LogP contribution in [-0.4, -0.2) is 28.8 Å². The van der Waals surface area contributed by atoms with Crippen molar-refractivity contribution in [2.75, 3.05) is 5.32 Å². The molecule has 0 unspecified atom stereocenters. The summed E-state index contributed by atoms with van der Waals surface area (Å²) in [5, 5.41) is 6.88. The molecule has 2 aromatic rings. The van der Waals surface area contributed by atoms with Crippen LogP contribution in [0.4, 0.5) is 10.5 Å². The minimum atomic E-state index is -0.537. The van der Waals surface area contributed by atoms with E-state index in [0.29, 0.717) is 17.8 Å². The topological polar surface area (TPSA) is 53.9 Å². The Kier molecular flexibility index (Phi) is 5.49. The molecule has 0 spiro atoms. The lowest BCUT2D eigenvalue weighted by Crippen LogP contribution is -2.51. The zero-order chi connectivity index (χ0) is 18.5. The third kappa shape index (κ3) is 4.55. The number of para-hydroxylation sites is 1. The smallest absolute Gasteiger partial charge is 0.298 e. The highest BCUT2D eigenvalue weighted by atomic mass is 16.7. The molecule has 2 fully saturated rings. The Balaban J connectivity index is 1.36. The summed E-state index contributed by atoms with van der Waals surface area (Å²) in [6.07, 6.45) is 4.84. The quantitative estimate of drug-likeness (QED) is 0.626. The first-order valence-electron chi connectivity index (χ1n) is 9.66. The first kappa shape index (κ1) is 17.7. The summed E-state index contributed by atoms with van der Waals surface area (Å²) in [7, 11) is 0. The van der Waals surface area contributed by atoms with Gasteiger partial charge in [0.1, 0.15) is 0 Å². The van der Waals surface area contributed by atoms with Crippen LogP contribution >= 0.6 is 0 Å². The number of hydrogen-bond acceptors (Lipinski definition) is 4. The van der Waals surface area contributed by atoms with Crippen LogP contribution in [0.3, 0.4) is 0 Å². The van der Waals surface area contributed by atoms with Crippen molar-refractivity contribution >= 4 is 17.5 Å². The van der Waals surface area contributed by atoms with E-state index < -0.39 is 6.09 Å². The number of hydrogen-bond donors (Lipinski definition) is 1. The lowest BCUT2D eigenvalue weighted by molar-refractivity contribution is 0.0662. The molecule has 2 aromatic carbocycles. The third-order valence-electron chi connectivity index (χ3n) is 5.44. The van der Waals surface area contributed by atoms with Gasteiger partial charge < -0.3 is 0 Å². The van der Waals surface area contributed by atoms with Gasteiger partial charge in [-0.05, 0) is 30.5 Å². The molecule has 2 aliphatic heterocycles. The number of anilines is 1. The van der Waals surface area contributed by atoms with Crippen molar-refractivity contribution in [3.63, 3.8) is 0 Å². The number of nitrogens with one attached hydrogen (secondary N) is 1. The molecule has 1 amide bonds. The second-order valence-electron chi connectivity index (χ2n) is 7.33. The predicted molar refractivity (Wildman–Crippen MR) is 107 cm³/mol. The van der Waals surface area contributed by atoms with Gasteiger partial charge >= 0.3 is 6.09 Å². The fourth-order valence-corrected chi connectivity index (χ4v) is 4.18. The lowest BCUT2D eigenvalue weighted by Gasteiger charge is -2.46. The summed E-state index contributed by atoms with van der Waals surface area (Å²) in [4.78, 5) is 19.7. The van der Waals surface area contributed by atoms with E-state index in [1.165, 1.54) is 24.8 Å². The minimum Gasteiger partial charge on any atom is -0.298 e. The molecule has 2 atom stereocenters. The average Bonchev–Trinajstić information content (AvgIpc) is 2.68. The van der Waals surface area contributed by atoms with Gasteiger partial charge in [-0.25, -0.2) is 4.79 Å². The molecular formula is C22H25N3O2. The molecule has 2 bridgehead atoms. The van der Waals surface area contributed by atoms with Gasteiger partial charge in [-0.15, -0.1) is 0 Å². The highest BCUT2D eigenvalue weighted by molar-refractivity contribution is 5.88. The van der Waals surface area contributed by atoms with Gasteiger partial charge in [0.2, 0.25) is 0 Å². The zero-order valence-corrected chi connectivity index (χ0v) is 15.4. The number of rotatable bonds is 4. The summed E-state index contributed by atoms with van der Waals surface area (Å²) < 4.78 is 0. The molecule has 0 aliphatic carbocycles. The summed E-state index contributed by atoms with van der Waals surface area (Å²) >= 11 is 0. The maximum atomic E-state index is 12.0. The third-order valence-corrected chi connectivity index (χ3v) is 5.44. The van der Waals surface area contributed by atoms with Gasteiger partial charge in [0.05, 0.1) is 5.71 Å². The Bertz CT molecular complexity index is 776. The number of fused-ring (bicyclic) bond motifs is 2. The number of amides is 1. The second-order valence-corrected chi connectivity index (χ2v) is 7.33. The molecule has 0 aromatic heterocycles. The van der Waals surface area contributed by atoms with Crippen LogP contribution in [0.25, 0.3) is 0 Å². The van der Waals surface area contributed by atoms with Gasteiger partial charge in [0.25, 0.3) is 0 Å². The average molecular weight is 363 g/mol. The Morgan fingerprint density at radius 1 is 1.00 bits per heavy atom. The number of carbonyl (C=O) groups excluding carboxylic acids is 1. The zero-order valence-electron chi connectivity index (χ0n) is 15.4. The summed E-state index contributed by atoms with van der Waals surface area (Å²) in [5.74, 6) is 0. The first-order chi connectivity index (χ1) is 13.3. The Morgan fingerprint density at radius 2 is 1.63 bits per heavy atom. The molecule has 2 saturated heterocycles. The van der Waals surface area contributed by atoms with Gasteiger partial charge in [-0.2, -0.15) is 0 Å². The van der Waals surface area contributed by atoms with E-state index in [-0.39, 0.29) is 0 Å². The van der Waals surface area contributed by atoms with E-state index in [1.807, 2.05) is 30.3 Å². The standard InChI is InChI=1S/C22H25N3O2/c26-22(23-18-10-5-2-6-11-18)27-24-19-14-20-12-7-13-21(15-19)25(20)16-17-8-3-1-4-9-17/h1-6,8-11,20-21H,7,12-16H2,(H,23,26)/t20-,21-/m0/s1. The van der Waals surface area contributed by atoms with E-state index in [0.717, 1.165) is 25.1 Å². The highest BCUT2D eigenvalue weighted by Crippen LogP contribution is 2.34. The summed E-state index contributed by atoms with van der Waals surface area (Å²) in [6, 6.07) is 20.9. The van der Waals surface area contributed by atoms with Crippen molar-refractivity contribution in [1.29, 1.82) is 0 Å². The first-order valence-corrected chi connectivity index (χ1v) is 9.66. The van der Waals surface area contributed by atoms with Crippen molar-refractivity contribution in [3.05, 3.63) is 66.2 Å². The van der Waals surface area contributed by atoms with Crippen molar-refractivity contribution in [3.8, 4) is 0 Å². The molecule has 0 saturated carbocycles. The van der Waals surface area contributed by atoms with Gasteiger partial charge in [0, 0.05) is 37.2 Å². The molecule has 140 valence electrons. The van der Waals surface area contributed by atoms with E-state index in [4.69, 9.17) is 4.84 Å². The minimum absolute atomic E-state index is 0.484. The van der Waals surface area contributed by atoms with E-state index >= 15 is 0 Å². The number of carbonyl (C=O) groups is 1. The monoisotopic (exact) mass is 363 g/mol. The molecule has 2 aliphatic rings. The Hall–Kier alpha value is -2.66. The SMILES string of the molecule is O=C(Nc1ccccc1)ON=C1C[C@@H]2CCC[C@@H](C1)N2Cc1ccccc1. The van der Waals surface area contributed by atoms with Crippen molar-refractivity contribution in [1.82, 2.24) is 4.90 Å². The molecular weight excluding hydrogens is 338 g/mol. The number of nitrogens with zero attached hydrogens (tertiary/aromatic N) is 2. The van der Waals surface area contributed by atoms with Crippen LogP contribution in [-0.2, 0) is 11.4 Å². The van der Waals surface area contributed by atoms with Crippen LogP contribution in [0.15, 0.2) is 65.8 Å². The van der Waals surface area contributed by atoms with Gasteiger partial charge in [-0.3, -0.25) is 15.1 Å². The molecule has 1 N–H and O–H groups in total. The molecule has 5 nitrogen and oxygen atoms in total. The van der Waals surface area contributed by atoms with E-state index in [9.17, 15) is 4.79 Å². The molecule has 2 heterocycles. The van der Waals surface area contributed by atoms with E-state index in [2.05, 4.69) is 45.7 Å². The Morgan fingerprint density at radius 3 is 2.30 bits per heavy atom. The van der Waals surface area contributed by atoms with Crippen LogP contribution in [0.2, 0.25) is 0 Å². The summed E-state index contributed by atoms with van der Waals surface area (Å²) in [6.45, 7) is 0.985. The molecule has 4 rings (SSSR count). The van der Waals surface area contributed by atoms with Crippen molar-refractivity contribution in [2.45, 2.75) is 50.7 Å². The van der Waals surface area contributed by atoms with Gasteiger partial charge in [0.15, 0.2) is 0 Å². The van der Waals surface area contributed by atoms with Crippen LogP contribution in [0.5, 0.6) is 0 Å². The molecule has 0 radical (unpaired) electrons. The fraction of sp³-hybridized carbons (Fsp3) is 0.364. The molecule has 27 heavy (non-hydrogen) atoms. The summed E-state index contributed by atoms with van der Waals surface area (Å²) in [5.41, 5.74) is 3.06. The highest BCUT2D eigenvalue weighted by Gasteiger charge is 2.36. The second kappa shape index (κ2) is 8.35. The maximum Gasteiger partial charge on any atom is 0.437 e. The predicted octanol–water partition coefficient (Wildman–Crippen LogP) is 4.81. The normalized spacial score (nSPS) is 22.1. The van der Waals surface area contributed by atoms with Crippen molar-refractivity contribution in [2.24, 2.45) is 5.16 Å². The molecule has 5 heteroatoms. The number of benzene rings is 2. The van der Waals surface area contributed by atoms with Crippen LogP contribution in [0, 0.1) is 0 Å². The number of oxime groups is 1. The van der Waals surface area contributed by atoms with E-state index in [1.54, 1.807) is 0 Å². The maximum absolute atomic E-state index is 12.0. The largest absolute Gasteiger partial charge is 0.437 e. The Labute approximate surface area is 160 Å². The lowest BCUT2D eigenvalue weighted by atomic mass is 9.83.